The number of sulfonamides is 1. The van der Waals surface area contributed by atoms with Crippen LogP contribution in [0.3, 0.4) is 0 Å². The molecule has 6 heteroatoms. The summed E-state index contributed by atoms with van der Waals surface area (Å²) in [6, 6.07) is 5.17. The van der Waals surface area contributed by atoms with E-state index in [1.807, 2.05) is 6.92 Å². The Morgan fingerprint density at radius 2 is 2.18 bits per heavy atom. The van der Waals surface area contributed by atoms with Crippen LogP contribution in [0, 0.1) is 0 Å². The molecule has 1 saturated carbocycles. The molecule has 0 unspecified atom stereocenters. The van der Waals surface area contributed by atoms with E-state index >= 15 is 0 Å². The summed E-state index contributed by atoms with van der Waals surface area (Å²) in [4.78, 5) is 0. The van der Waals surface area contributed by atoms with Gasteiger partial charge < -0.3 is 4.74 Å². The molecule has 1 aromatic carbocycles. The minimum absolute atomic E-state index is 0.215. The first-order valence-corrected chi connectivity index (χ1v) is 7.81. The Morgan fingerprint density at radius 3 is 2.71 bits per heavy atom. The van der Waals surface area contributed by atoms with E-state index in [1.165, 1.54) is 0 Å². The van der Waals surface area contributed by atoms with Crippen LogP contribution in [-0.2, 0) is 10.0 Å². The van der Waals surface area contributed by atoms with Gasteiger partial charge in [-0.1, -0.05) is 0 Å². The molecule has 0 heterocycles. The summed E-state index contributed by atoms with van der Waals surface area (Å²) in [6.45, 7) is 2.47. The van der Waals surface area contributed by atoms with Gasteiger partial charge in [-0.3, -0.25) is 4.72 Å². The quantitative estimate of drug-likeness (QED) is 0.907. The van der Waals surface area contributed by atoms with Gasteiger partial charge in [0.05, 0.1) is 16.3 Å². The molecule has 0 atom stereocenters. The fourth-order valence-electron chi connectivity index (χ4n) is 1.46. The Kier molecular flexibility index (Phi) is 3.63. The van der Waals surface area contributed by atoms with Crippen LogP contribution in [0.2, 0.25) is 0 Å². The van der Waals surface area contributed by atoms with Crippen LogP contribution < -0.4 is 9.46 Å². The van der Waals surface area contributed by atoms with Crippen LogP contribution in [0.1, 0.15) is 19.8 Å². The van der Waals surface area contributed by atoms with Crippen molar-refractivity contribution < 1.29 is 13.2 Å². The highest BCUT2D eigenvalue weighted by Gasteiger charge is 2.35. The van der Waals surface area contributed by atoms with Gasteiger partial charge in [-0.25, -0.2) is 8.42 Å². The highest BCUT2D eigenvalue weighted by Crippen LogP contribution is 2.32. The summed E-state index contributed by atoms with van der Waals surface area (Å²) in [5, 5.41) is -0.215. The molecule has 94 valence electrons. The number of nitrogens with one attached hydrogen (secondary N) is 1. The van der Waals surface area contributed by atoms with Crippen molar-refractivity contribution in [3.05, 3.63) is 22.7 Å². The van der Waals surface area contributed by atoms with Gasteiger partial charge in [0.1, 0.15) is 5.75 Å². The standard InChI is InChI=1S/C11H14BrNO3S/c1-2-16-11-6-3-8(7-10(11)12)13-17(14,15)9-4-5-9/h3,6-7,9,13H,2,4-5H2,1H3. The van der Waals surface area contributed by atoms with Gasteiger partial charge >= 0.3 is 0 Å². The summed E-state index contributed by atoms with van der Waals surface area (Å²) in [5.41, 5.74) is 0.562. The third kappa shape index (κ3) is 3.13. The van der Waals surface area contributed by atoms with Crippen LogP contribution in [-0.4, -0.2) is 20.3 Å². The van der Waals surface area contributed by atoms with Crippen LogP contribution >= 0.6 is 15.9 Å². The predicted molar refractivity (Wildman–Crippen MR) is 70.9 cm³/mol. The molecule has 0 aliphatic heterocycles. The Bertz CT molecular complexity index is 511. The molecule has 17 heavy (non-hydrogen) atoms. The van der Waals surface area contributed by atoms with E-state index in [2.05, 4.69) is 20.7 Å². The van der Waals surface area contributed by atoms with Gasteiger partial charge in [0, 0.05) is 5.69 Å². The van der Waals surface area contributed by atoms with Crippen molar-refractivity contribution in [2.24, 2.45) is 0 Å². The smallest absolute Gasteiger partial charge is 0.235 e. The molecule has 1 aromatic rings. The fourth-order valence-corrected chi connectivity index (χ4v) is 3.33. The number of rotatable bonds is 5. The molecule has 0 spiro atoms. The summed E-state index contributed by atoms with van der Waals surface area (Å²) in [6.07, 6.45) is 1.51. The van der Waals surface area contributed by atoms with Gasteiger partial charge in [0.25, 0.3) is 0 Å². The van der Waals surface area contributed by atoms with Gasteiger partial charge in [0.2, 0.25) is 10.0 Å². The molecule has 1 fully saturated rings. The molecule has 1 aliphatic rings. The summed E-state index contributed by atoms with van der Waals surface area (Å²) in [5.74, 6) is 0.710. The largest absolute Gasteiger partial charge is 0.493 e. The summed E-state index contributed by atoms with van der Waals surface area (Å²) in [7, 11) is -3.19. The minimum Gasteiger partial charge on any atom is -0.493 e. The number of ether oxygens (including phenoxy) is 1. The summed E-state index contributed by atoms with van der Waals surface area (Å²) < 4.78 is 32.1. The van der Waals surface area contributed by atoms with E-state index in [1.54, 1.807) is 18.2 Å². The van der Waals surface area contributed by atoms with Crippen molar-refractivity contribution in [2.75, 3.05) is 11.3 Å². The number of hydrogen-bond donors (Lipinski definition) is 1. The van der Waals surface area contributed by atoms with Crippen molar-refractivity contribution >= 4 is 31.6 Å². The summed E-state index contributed by atoms with van der Waals surface area (Å²) >= 11 is 3.35. The first-order valence-electron chi connectivity index (χ1n) is 5.47. The van der Waals surface area contributed by atoms with Crippen molar-refractivity contribution in [2.45, 2.75) is 25.0 Å². The van der Waals surface area contributed by atoms with Crippen LogP contribution in [0.4, 0.5) is 5.69 Å². The second kappa shape index (κ2) is 4.86. The molecule has 1 aliphatic carbocycles. The van der Waals surface area contributed by atoms with Gasteiger partial charge in [-0.05, 0) is 53.9 Å². The van der Waals surface area contributed by atoms with Crippen LogP contribution in [0.5, 0.6) is 5.75 Å². The maximum atomic E-state index is 11.7. The zero-order chi connectivity index (χ0) is 12.5. The Hall–Kier alpha value is -0.750. The average molecular weight is 320 g/mol. The maximum absolute atomic E-state index is 11.7. The van der Waals surface area contributed by atoms with E-state index in [4.69, 9.17) is 4.74 Å². The highest BCUT2D eigenvalue weighted by atomic mass is 79.9. The molecule has 0 amide bonds. The van der Waals surface area contributed by atoms with Crippen molar-refractivity contribution in [1.82, 2.24) is 0 Å². The second-order valence-electron chi connectivity index (χ2n) is 3.92. The van der Waals surface area contributed by atoms with Gasteiger partial charge in [0.15, 0.2) is 0 Å². The lowest BCUT2D eigenvalue weighted by Gasteiger charge is -2.10. The number of anilines is 1. The predicted octanol–water partition coefficient (Wildman–Crippen LogP) is 2.75. The third-order valence-corrected chi connectivity index (χ3v) is 4.94. The number of hydrogen-bond acceptors (Lipinski definition) is 3. The SMILES string of the molecule is CCOc1ccc(NS(=O)(=O)C2CC2)cc1Br. The molecular formula is C11H14BrNO3S. The molecule has 1 N–H and O–H groups in total. The zero-order valence-electron chi connectivity index (χ0n) is 9.44. The molecule has 0 aromatic heterocycles. The minimum atomic E-state index is -3.19. The molecular weight excluding hydrogens is 306 g/mol. The van der Waals surface area contributed by atoms with E-state index in [0.29, 0.717) is 18.0 Å². The monoisotopic (exact) mass is 319 g/mol. The van der Waals surface area contributed by atoms with Crippen LogP contribution in [0.15, 0.2) is 22.7 Å². The average Bonchev–Trinajstić information content (AvgIpc) is 3.05. The zero-order valence-corrected chi connectivity index (χ0v) is 11.8. The Balaban J connectivity index is 2.14. The van der Waals surface area contributed by atoms with Gasteiger partial charge in [-0.2, -0.15) is 0 Å². The molecule has 2 rings (SSSR count). The van der Waals surface area contributed by atoms with E-state index < -0.39 is 10.0 Å². The number of benzene rings is 1. The first kappa shape index (κ1) is 12.7. The maximum Gasteiger partial charge on any atom is 0.235 e. The lowest BCUT2D eigenvalue weighted by molar-refractivity contribution is 0.338. The van der Waals surface area contributed by atoms with Gasteiger partial charge in [-0.15, -0.1) is 0 Å². The molecule has 0 bridgehead atoms. The van der Waals surface area contributed by atoms with Crippen LogP contribution in [0.25, 0.3) is 0 Å². The normalized spacial score (nSPS) is 15.6. The molecule has 4 nitrogen and oxygen atoms in total. The second-order valence-corrected chi connectivity index (χ2v) is 6.74. The lowest BCUT2D eigenvalue weighted by atomic mass is 10.3. The Morgan fingerprint density at radius 1 is 1.47 bits per heavy atom. The highest BCUT2D eigenvalue weighted by molar-refractivity contribution is 9.10. The molecule has 0 saturated heterocycles. The number of halogens is 1. The fraction of sp³-hybridized carbons (Fsp3) is 0.455. The molecule has 0 radical (unpaired) electrons. The topological polar surface area (TPSA) is 55.4 Å². The van der Waals surface area contributed by atoms with Crippen molar-refractivity contribution in [1.29, 1.82) is 0 Å². The Labute approximate surface area is 110 Å². The first-order chi connectivity index (χ1) is 8.03. The van der Waals surface area contributed by atoms with E-state index in [0.717, 1.165) is 17.3 Å². The van der Waals surface area contributed by atoms with E-state index in [-0.39, 0.29) is 5.25 Å². The van der Waals surface area contributed by atoms with Crippen molar-refractivity contribution in [3.8, 4) is 5.75 Å². The third-order valence-electron chi connectivity index (χ3n) is 2.46. The van der Waals surface area contributed by atoms with E-state index in [9.17, 15) is 8.42 Å². The van der Waals surface area contributed by atoms with Crippen molar-refractivity contribution in [3.63, 3.8) is 0 Å². The lowest BCUT2D eigenvalue weighted by Crippen LogP contribution is -2.17.